The van der Waals surface area contributed by atoms with Gasteiger partial charge in [0.25, 0.3) is 0 Å². The first-order valence-electron chi connectivity index (χ1n) is 6.36. The van der Waals surface area contributed by atoms with Gasteiger partial charge in [-0.1, -0.05) is 23.7 Å². The van der Waals surface area contributed by atoms with Crippen LogP contribution in [0.3, 0.4) is 0 Å². The summed E-state index contributed by atoms with van der Waals surface area (Å²) in [7, 11) is 0. The van der Waals surface area contributed by atoms with E-state index in [4.69, 9.17) is 17.3 Å². The zero-order valence-electron chi connectivity index (χ0n) is 10.9. The molecule has 0 spiro atoms. The minimum Gasteiger partial charge on any atom is -0.389 e. The SMILES string of the molecule is CC(N)C(c1cccc(Cl)c1)N1CCC(C)(O)C1. The maximum atomic E-state index is 10.1. The Morgan fingerprint density at radius 1 is 1.50 bits per heavy atom. The van der Waals surface area contributed by atoms with Gasteiger partial charge in [-0.3, -0.25) is 4.90 Å². The summed E-state index contributed by atoms with van der Waals surface area (Å²) in [6.45, 7) is 5.40. The molecule has 1 aliphatic heterocycles. The van der Waals surface area contributed by atoms with Crippen molar-refractivity contribution in [3.8, 4) is 0 Å². The van der Waals surface area contributed by atoms with Crippen molar-refractivity contribution >= 4 is 11.6 Å². The number of rotatable bonds is 3. The highest BCUT2D eigenvalue weighted by atomic mass is 35.5. The molecule has 0 bridgehead atoms. The van der Waals surface area contributed by atoms with E-state index in [-0.39, 0.29) is 12.1 Å². The van der Waals surface area contributed by atoms with Gasteiger partial charge in [-0.05, 0) is 38.0 Å². The molecule has 3 unspecified atom stereocenters. The lowest BCUT2D eigenvalue weighted by atomic mass is 9.99. The quantitative estimate of drug-likeness (QED) is 0.884. The normalized spacial score (nSPS) is 28.3. The molecule has 2 rings (SSSR count). The highest BCUT2D eigenvalue weighted by molar-refractivity contribution is 6.30. The number of benzene rings is 1. The van der Waals surface area contributed by atoms with Crippen molar-refractivity contribution in [3.63, 3.8) is 0 Å². The molecular weight excluding hydrogens is 248 g/mol. The van der Waals surface area contributed by atoms with Crippen LogP contribution in [0.5, 0.6) is 0 Å². The largest absolute Gasteiger partial charge is 0.389 e. The topological polar surface area (TPSA) is 49.5 Å². The minimum atomic E-state index is -0.605. The molecule has 0 saturated carbocycles. The van der Waals surface area contributed by atoms with Crippen LogP contribution in [0.4, 0.5) is 0 Å². The van der Waals surface area contributed by atoms with Crippen molar-refractivity contribution in [2.75, 3.05) is 13.1 Å². The van der Waals surface area contributed by atoms with Crippen molar-refractivity contribution in [3.05, 3.63) is 34.9 Å². The summed E-state index contributed by atoms with van der Waals surface area (Å²) in [5, 5.41) is 10.8. The lowest BCUT2D eigenvalue weighted by Crippen LogP contribution is -2.40. The van der Waals surface area contributed by atoms with Crippen LogP contribution in [-0.4, -0.2) is 34.7 Å². The summed E-state index contributed by atoms with van der Waals surface area (Å²) in [6, 6.07) is 7.93. The Morgan fingerprint density at radius 2 is 2.22 bits per heavy atom. The van der Waals surface area contributed by atoms with Crippen molar-refractivity contribution in [2.45, 2.75) is 38.0 Å². The second kappa shape index (κ2) is 5.17. The molecule has 1 heterocycles. The summed E-state index contributed by atoms with van der Waals surface area (Å²) < 4.78 is 0. The third-order valence-corrected chi connectivity index (χ3v) is 3.80. The van der Waals surface area contributed by atoms with Crippen molar-refractivity contribution < 1.29 is 5.11 Å². The minimum absolute atomic E-state index is 0.00244. The molecule has 0 aromatic heterocycles. The van der Waals surface area contributed by atoms with E-state index >= 15 is 0 Å². The van der Waals surface area contributed by atoms with E-state index in [2.05, 4.69) is 4.90 Å². The molecule has 1 fully saturated rings. The Balaban J connectivity index is 2.24. The molecule has 1 aromatic rings. The van der Waals surface area contributed by atoms with E-state index in [0.717, 1.165) is 23.6 Å². The Kier molecular flexibility index (Phi) is 3.97. The second-order valence-electron chi connectivity index (χ2n) is 5.58. The second-order valence-corrected chi connectivity index (χ2v) is 6.01. The molecule has 0 radical (unpaired) electrons. The summed E-state index contributed by atoms with van der Waals surface area (Å²) >= 11 is 6.05. The van der Waals surface area contributed by atoms with E-state index in [1.807, 2.05) is 38.1 Å². The first-order valence-corrected chi connectivity index (χ1v) is 6.74. The average Bonchev–Trinajstić information content (AvgIpc) is 2.58. The van der Waals surface area contributed by atoms with E-state index in [9.17, 15) is 5.11 Å². The van der Waals surface area contributed by atoms with Gasteiger partial charge in [-0.25, -0.2) is 0 Å². The predicted molar refractivity (Wildman–Crippen MR) is 74.7 cm³/mol. The van der Waals surface area contributed by atoms with E-state index in [1.165, 1.54) is 0 Å². The first kappa shape index (κ1) is 13.8. The van der Waals surface area contributed by atoms with E-state index < -0.39 is 5.60 Å². The van der Waals surface area contributed by atoms with Gasteiger partial charge in [-0.2, -0.15) is 0 Å². The molecule has 18 heavy (non-hydrogen) atoms. The smallest absolute Gasteiger partial charge is 0.0758 e. The van der Waals surface area contributed by atoms with Crippen molar-refractivity contribution in [2.24, 2.45) is 5.73 Å². The standard InChI is InChI=1S/C14H21ClN2O/c1-10(16)13(11-4-3-5-12(15)8-11)17-7-6-14(2,18)9-17/h3-5,8,10,13,18H,6-7,9,16H2,1-2H3. The monoisotopic (exact) mass is 268 g/mol. The Morgan fingerprint density at radius 3 is 2.72 bits per heavy atom. The zero-order valence-corrected chi connectivity index (χ0v) is 11.7. The van der Waals surface area contributed by atoms with Crippen LogP contribution in [0.25, 0.3) is 0 Å². The number of hydrogen-bond acceptors (Lipinski definition) is 3. The van der Waals surface area contributed by atoms with Crippen molar-refractivity contribution in [1.82, 2.24) is 4.90 Å². The van der Waals surface area contributed by atoms with E-state index in [1.54, 1.807) is 0 Å². The van der Waals surface area contributed by atoms with Gasteiger partial charge in [0, 0.05) is 30.2 Å². The fourth-order valence-corrected chi connectivity index (χ4v) is 2.95. The molecular formula is C14H21ClN2O. The van der Waals surface area contributed by atoms with Crippen LogP contribution in [0.1, 0.15) is 31.9 Å². The molecule has 3 N–H and O–H groups in total. The molecule has 1 aliphatic rings. The van der Waals surface area contributed by atoms with Gasteiger partial charge >= 0.3 is 0 Å². The average molecular weight is 269 g/mol. The Hall–Kier alpha value is -0.610. The molecule has 100 valence electrons. The predicted octanol–water partition coefficient (Wildman–Crippen LogP) is 2.19. The Labute approximate surface area is 114 Å². The van der Waals surface area contributed by atoms with Gasteiger partial charge in [0.1, 0.15) is 0 Å². The van der Waals surface area contributed by atoms with Crippen LogP contribution < -0.4 is 5.73 Å². The lowest BCUT2D eigenvalue weighted by Gasteiger charge is -2.32. The van der Waals surface area contributed by atoms with Gasteiger partial charge in [0.05, 0.1) is 5.60 Å². The zero-order chi connectivity index (χ0) is 13.3. The molecule has 3 atom stereocenters. The first-order chi connectivity index (χ1) is 8.39. The fourth-order valence-electron chi connectivity index (χ4n) is 2.76. The summed E-state index contributed by atoms with van der Waals surface area (Å²) in [5.74, 6) is 0. The number of aliphatic hydroxyl groups is 1. The van der Waals surface area contributed by atoms with E-state index in [0.29, 0.717) is 6.54 Å². The Bertz CT molecular complexity index is 420. The molecule has 0 amide bonds. The van der Waals surface area contributed by atoms with Gasteiger partial charge in [0.15, 0.2) is 0 Å². The number of nitrogens with zero attached hydrogens (tertiary/aromatic N) is 1. The molecule has 0 aliphatic carbocycles. The van der Waals surface area contributed by atoms with Crippen LogP contribution in [0, 0.1) is 0 Å². The fraction of sp³-hybridized carbons (Fsp3) is 0.571. The molecule has 3 nitrogen and oxygen atoms in total. The van der Waals surface area contributed by atoms with Gasteiger partial charge in [0.2, 0.25) is 0 Å². The van der Waals surface area contributed by atoms with Crippen molar-refractivity contribution in [1.29, 1.82) is 0 Å². The van der Waals surface area contributed by atoms with Crippen LogP contribution >= 0.6 is 11.6 Å². The molecule has 4 heteroatoms. The number of hydrogen-bond donors (Lipinski definition) is 2. The third kappa shape index (κ3) is 3.04. The van der Waals surface area contributed by atoms with Gasteiger partial charge in [-0.15, -0.1) is 0 Å². The van der Waals surface area contributed by atoms with Gasteiger partial charge < -0.3 is 10.8 Å². The maximum absolute atomic E-state index is 10.1. The van der Waals surface area contributed by atoms with Crippen LogP contribution in [0.15, 0.2) is 24.3 Å². The summed E-state index contributed by atoms with van der Waals surface area (Å²) in [5.41, 5.74) is 6.64. The highest BCUT2D eigenvalue weighted by Gasteiger charge is 2.36. The lowest BCUT2D eigenvalue weighted by molar-refractivity contribution is 0.0601. The maximum Gasteiger partial charge on any atom is 0.0758 e. The molecule has 1 aromatic carbocycles. The number of nitrogens with two attached hydrogens (primary N) is 1. The number of β-amino-alcohol motifs (C(OH)–C–C–N with tert-alkyl or cyclic N) is 1. The summed E-state index contributed by atoms with van der Waals surface area (Å²) in [4.78, 5) is 2.25. The highest BCUT2D eigenvalue weighted by Crippen LogP contribution is 2.32. The number of halogens is 1. The summed E-state index contributed by atoms with van der Waals surface area (Å²) in [6.07, 6.45) is 0.788. The third-order valence-electron chi connectivity index (χ3n) is 3.56. The van der Waals surface area contributed by atoms with Crippen LogP contribution in [-0.2, 0) is 0 Å². The van der Waals surface area contributed by atoms with Crippen LogP contribution in [0.2, 0.25) is 5.02 Å². The number of likely N-dealkylation sites (tertiary alicyclic amines) is 1. The molecule has 1 saturated heterocycles.